The van der Waals surface area contributed by atoms with E-state index in [9.17, 15) is 0 Å². The van der Waals surface area contributed by atoms with Gasteiger partial charge in [0.05, 0.1) is 13.2 Å². The molecule has 1 N–H and O–H groups in total. The number of aryl methyl sites for hydroxylation is 1. The largest absolute Gasteiger partial charge is 0.497 e. The van der Waals surface area contributed by atoms with Gasteiger partial charge < -0.3 is 15.0 Å². The van der Waals surface area contributed by atoms with E-state index in [0.717, 1.165) is 25.3 Å². The summed E-state index contributed by atoms with van der Waals surface area (Å²) in [4.78, 5) is 2.42. The van der Waals surface area contributed by atoms with Crippen LogP contribution in [0.3, 0.4) is 0 Å². The molecule has 2 aromatic carbocycles. The van der Waals surface area contributed by atoms with Gasteiger partial charge in [0.1, 0.15) is 5.75 Å². The Hall–Kier alpha value is -2.16. The molecule has 0 saturated heterocycles. The van der Waals surface area contributed by atoms with Crippen LogP contribution in [-0.2, 0) is 6.42 Å². The average Bonchev–Trinajstić information content (AvgIpc) is 3.12. The lowest BCUT2D eigenvalue weighted by atomic mass is 9.94. The Balaban J connectivity index is 1.71. The van der Waals surface area contributed by atoms with Crippen molar-refractivity contribution in [3.05, 3.63) is 52.6 Å². The Kier molecular flexibility index (Phi) is 3.67. The summed E-state index contributed by atoms with van der Waals surface area (Å²) >= 11 is 0. The monoisotopic (exact) mass is 322 g/mol. The minimum absolute atomic E-state index is 0.409. The molecule has 0 spiro atoms. The lowest BCUT2D eigenvalue weighted by molar-refractivity contribution is 0.414. The molecule has 1 aliphatic heterocycles. The van der Waals surface area contributed by atoms with Gasteiger partial charge in [-0.3, -0.25) is 0 Å². The molecular weight excluding hydrogens is 296 g/mol. The van der Waals surface area contributed by atoms with Crippen LogP contribution in [0.15, 0.2) is 30.3 Å². The third kappa shape index (κ3) is 2.18. The van der Waals surface area contributed by atoms with E-state index >= 15 is 0 Å². The van der Waals surface area contributed by atoms with Crippen LogP contribution in [0.25, 0.3) is 0 Å². The normalized spacial score (nSPS) is 20.2. The van der Waals surface area contributed by atoms with Crippen LogP contribution in [0.1, 0.15) is 48.1 Å². The van der Waals surface area contributed by atoms with Crippen molar-refractivity contribution in [3.8, 4) is 5.75 Å². The van der Waals surface area contributed by atoms with Crippen molar-refractivity contribution in [1.82, 2.24) is 0 Å². The molecule has 24 heavy (non-hydrogen) atoms. The highest BCUT2D eigenvalue weighted by atomic mass is 16.5. The number of ether oxygens (including phenoxy) is 1. The summed E-state index contributed by atoms with van der Waals surface area (Å²) < 4.78 is 5.49. The fourth-order valence-corrected chi connectivity index (χ4v) is 4.44. The van der Waals surface area contributed by atoms with Gasteiger partial charge in [-0.2, -0.15) is 0 Å². The van der Waals surface area contributed by atoms with Crippen LogP contribution >= 0.6 is 0 Å². The van der Waals surface area contributed by atoms with E-state index in [0.29, 0.717) is 12.0 Å². The number of benzene rings is 2. The Bertz CT molecular complexity index is 780. The van der Waals surface area contributed by atoms with Crippen molar-refractivity contribution < 1.29 is 4.74 Å². The average molecular weight is 322 g/mol. The first-order chi connectivity index (χ1) is 11.7. The van der Waals surface area contributed by atoms with Gasteiger partial charge in [0.25, 0.3) is 0 Å². The van der Waals surface area contributed by atoms with E-state index in [-0.39, 0.29) is 0 Å². The van der Waals surface area contributed by atoms with Crippen LogP contribution in [0.4, 0.5) is 11.4 Å². The lowest BCUT2D eigenvalue weighted by Crippen LogP contribution is -2.21. The molecule has 1 heterocycles. The first kappa shape index (κ1) is 15.4. The topological polar surface area (TPSA) is 24.5 Å². The predicted octanol–water partition coefficient (Wildman–Crippen LogP) is 4.66. The highest BCUT2D eigenvalue weighted by Gasteiger charge is 2.40. The zero-order valence-corrected chi connectivity index (χ0v) is 15.0. The molecule has 2 aromatic rings. The molecule has 0 unspecified atom stereocenters. The van der Waals surface area contributed by atoms with Crippen molar-refractivity contribution in [1.29, 1.82) is 0 Å². The molecule has 1 aliphatic carbocycles. The summed E-state index contributed by atoms with van der Waals surface area (Å²) in [6, 6.07) is 11.8. The van der Waals surface area contributed by atoms with Gasteiger partial charge in [-0.25, -0.2) is 0 Å². The highest BCUT2D eigenvalue weighted by molar-refractivity contribution is 5.70. The molecule has 0 amide bonds. The van der Waals surface area contributed by atoms with Crippen LogP contribution in [0.2, 0.25) is 0 Å². The van der Waals surface area contributed by atoms with Crippen LogP contribution in [-0.4, -0.2) is 20.2 Å². The number of anilines is 2. The second kappa shape index (κ2) is 5.73. The van der Waals surface area contributed by atoms with Crippen molar-refractivity contribution in [2.45, 2.75) is 39.2 Å². The fraction of sp³-hybridized carbons (Fsp3) is 0.429. The number of fused-ring (bicyclic) bond motifs is 5. The van der Waals surface area contributed by atoms with E-state index < -0.39 is 0 Å². The summed E-state index contributed by atoms with van der Waals surface area (Å²) in [5.74, 6) is 1.49. The van der Waals surface area contributed by atoms with Gasteiger partial charge >= 0.3 is 0 Å². The number of methoxy groups -OCH3 is 1. The smallest absolute Gasteiger partial charge is 0.119 e. The second-order valence-corrected chi connectivity index (χ2v) is 6.90. The maximum atomic E-state index is 5.49. The molecule has 0 radical (unpaired) electrons. The first-order valence-corrected chi connectivity index (χ1v) is 8.99. The molecule has 0 saturated carbocycles. The summed E-state index contributed by atoms with van der Waals surface area (Å²) in [5, 5.41) is 3.78. The minimum Gasteiger partial charge on any atom is -0.497 e. The number of nitrogens with zero attached hydrogens (tertiary/aromatic N) is 1. The molecule has 0 aromatic heterocycles. The van der Waals surface area contributed by atoms with Crippen LogP contribution in [0.5, 0.6) is 5.75 Å². The molecule has 2 aliphatic rings. The Morgan fingerprint density at radius 2 is 1.92 bits per heavy atom. The van der Waals surface area contributed by atoms with Crippen molar-refractivity contribution in [2.24, 2.45) is 0 Å². The Morgan fingerprint density at radius 1 is 1.12 bits per heavy atom. The summed E-state index contributed by atoms with van der Waals surface area (Å²) in [6.45, 7) is 8.72. The Labute approximate surface area is 144 Å². The molecule has 4 rings (SSSR count). The molecule has 2 atom stereocenters. The lowest BCUT2D eigenvalue weighted by Gasteiger charge is -2.22. The molecule has 0 fully saturated rings. The van der Waals surface area contributed by atoms with E-state index in [1.54, 1.807) is 7.11 Å². The van der Waals surface area contributed by atoms with Gasteiger partial charge in [-0.1, -0.05) is 6.07 Å². The zero-order chi connectivity index (χ0) is 16.8. The quantitative estimate of drug-likeness (QED) is 0.886. The zero-order valence-electron chi connectivity index (χ0n) is 15.0. The van der Waals surface area contributed by atoms with Crippen molar-refractivity contribution in [2.75, 3.05) is 30.4 Å². The standard InChI is InChI=1S/C21H26N2O/c1-5-23(6-2)15-7-8-17-14(10-15)11-18-19-12-16(24-4)9-13(3)20(19)22-21(17)18/h7-10,12,18,21-22H,5-6,11H2,1-4H3/t18-,21-/m1/s1. The van der Waals surface area contributed by atoms with E-state index in [2.05, 4.69) is 61.3 Å². The number of hydrogen-bond acceptors (Lipinski definition) is 3. The summed E-state index contributed by atoms with van der Waals surface area (Å²) in [7, 11) is 1.75. The molecule has 3 nitrogen and oxygen atoms in total. The highest BCUT2D eigenvalue weighted by Crippen LogP contribution is 2.53. The summed E-state index contributed by atoms with van der Waals surface area (Å²) in [6.07, 6.45) is 1.11. The van der Waals surface area contributed by atoms with Crippen LogP contribution < -0.4 is 15.0 Å². The van der Waals surface area contributed by atoms with E-state index in [4.69, 9.17) is 4.74 Å². The van der Waals surface area contributed by atoms with Gasteiger partial charge in [0.15, 0.2) is 0 Å². The molecular formula is C21H26N2O. The maximum absolute atomic E-state index is 5.49. The SMILES string of the molecule is CCN(CC)c1ccc2c(c1)C[C@@H]1c3cc(OC)cc(C)c3N[C@H]21. The number of hydrogen-bond donors (Lipinski definition) is 1. The van der Waals surface area contributed by atoms with E-state index in [1.807, 2.05) is 0 Å². The van der Waals surface area contributed by atoms with Gasteiger partial charge in [0, 0.05) is 30.4 Å². The minimum atomic E-state index is 0.409. The molecule has 0 bridgehead atoms. The predicted molar refractivity (Wildman–Crippen MR) is 101 cm³/mol. The Morgan fingerprint density at radius 3 is 2.62 bits per heavy atom. The third-order valence-corrected chi connectivity index (χ3v) is 5.71. The van der Waals surface area contributed by atoms with Gasteiger partial charge in [-0.05, 0) is 73.7 Å². The van der Waals surface area contributed by atoms with Gasteiger partial charge in [-0.15, -0.1) is 0 Å². The second-order valence-electron chi connectivity index (χ2n) is 6.90. The first-order valence-electron chi connectivity index (χ1n) is 8.99. The third-order valence-electron chi connectivity index (χ3n) is 5.71. The fourth-order valence-electron chi connectivity index (χ4n) is 4.44. The maximum Gasteiger partial charge on any atom is 0.119 e. The molecule has 126 valence electrons. The van der Waals surface area contributed by atoms with Crippen molar-refractivity contribution in [3.63, 3.8) is 0 Å². The molecule has 3 heteroatoms. The number of rotatable bonds is 4. The van der Waals surface area contributed by atoms with Crippen molar-refractivity contribution >= 4 is 11.4 Å². The van der Waals surface area contributed by atoms with E-state index in [1.165, 1.54) is 33.6 Å². The number of nitrogens with one attached hydrogen (secondary N) is 1. The summed E-state index contributed by atoms with van der Waals surface area (Å²) in [5.41, 5.74) is 8.31. The van der Waals surface area contributed by atoms with Gasteiger partial charge in [0.2, 0.25) is 0 Å². The van der Waals surface area contributed by atoms with Crippen LogP contribution in [0, 0.1) is 6.92 Å².